The van der Waals surface area contributed by atoms with Gasteiger partial charge in [-0.2, -0.15) is 9.67 Å². The SMILES string of the molecule is CSc1nnnn1-c1cccc(NC(=O)CCCc2nc(-c3ccc(Cl)cc3)no2)c1. The van der Waals surface area contributed by atoms with Gasteiger partial charge in [0.1, 0.15) is 0 Å². The van der Waals surface area contributed by atoms with E-state index < -0.39 is 0 Å². The van der Waals surface area contributed by atoms with E-state index in [1.165, 1.54) is 11.8 Å². The van der Waals surface area contributed by atoms with E-state index in [1.807, 2.05) is 42.7 Å². The van der Waals surface area contributed by atoms with E-state index >= 15 is 0 Å². The molecule has 4 rings (SSSR count). The van der Waals surface area contributed by atoms with Crippen LogP contribution in [0.15, 0.2) is 58.2 Å². The maximum absolute atomic E-state index is 12.3. The van der Waals surface area contributed by atoms with Gasteiger partial charge < -0.3 is 9.84 Å². The normalized spacial score (nSPS) is 10.9. The van der Waals surface area contributed by atoms with Crippen LogP contribution in [0.25, 0.3) is 17.1 Å². The van der Waals surface area contributed by atoms with Crippen LogP contribution >= 0.6 is 23.4 Å². The molecule has 2 aromatic heterocycles. The van der Waals surface area contributed by atoms with Crippen molar-refractivity contribution in [2.24, 2.45) is 0 Å². The van der Waals surface area contributed by atoms with E-state index in [9.17, 15) is 4.79 Å². The Kier molecular flexibility index (Phi) is 6.58. The summed E-state index contributed by atoms with van der Waals surface area (Å²) in [6.07, 6.45) is 3.31. The maximum Gasteiger partial charge on any atom is 0.226 e. The van der Waals surface area contributed by atoms with Crippen molar-refractivity contribution in [3.63, 3.8) is 0 Å². The third-order valence-electron chi connectivity index (χ3n) is 4.36. The first-order chi connectivity index (χ1) is 15.1. The molecule has 0 unspecified atom stereocenters. The summed E-state index contributed by atoms with van der Waals surface area (Å²) in [6.45, 7) is 0. The number of rotatable bonds is 8. The monoisotopic (exact) mass is 455 g/mol. The molecule has 0 fully saturated rings. The maximum atomic E-state index is 12.3. The number of amides is 1. The number of hydrogen-bond acceptors (Lipinski definition) is 8. The molecule has 158 valence electrons. The third-order valence-corrected chi connectivity index (χ3v) is 5.23. The molecular formula is C20H18ClN7O2S. The first kappa shape index (κ1) is 21.0. The number of aryl methyl sites for hydroxylation is 1. The fraction of sp³-hybridized carbons (Fsp3) is 0.200. The number of hydrogen-bond donors (Lipinski definition) is 1. The first-order valence-electron chi connectivity index (χ1n) is 9.43. The van der Waals surface area contributed by atoms with Crippen LogP contribution in [0.5, 0.6) is 0 Å². The fourth-order valence-corrected chi connectivity index (χ4v) is 3.44. The molecule has 0 aliphatic heterocycles. The lowest BCUT2D eigenvalue weighted by atomic mass is 10.2. The molecule has 4 aromatic rings. The molecule has 31 heavy (non-hydrogen) atoms. The quantitative estimate of drug-likeness (QED) is 0.396. The molecule has 11 heteroatoms. The summed E-state index contributed by atoms with van der Waals surface area (Å²) in [5.74, 6) is 0.888. The smallest absolute Gasteiger partial charge is 0.226 e. The van der Waals surface area contributed by atoms with Crippen LogP contribution in [0.1, 0.15) is 18.7 Å². The van der Waals surface area contributed by atoms with Gasteiger partial charge in [0.15, 0.2) is 0 Å². The van der Waals surface area contributed by atoms with Crippen LogP contribution in [0.4, 0.5) is 5.69 Å². The van der Waals surface area contributed by atoms with Gasteiger partial charge in [-0.3, -0.25) is 4.79 Å². The molecule has 0 bridgehead atoms. The number of nitrogens with zero attached hydrogens (tertiary/aromatic N) is 6. The Labute approximate surface area is 187 Å². The third kappa shape index (κ3) is 5.28. The fourth-order valence-electron chi connectivity index (χ4n) is 2.88. The highest BCUT2D eigenvalue weighted by atomic mass is 35.5. The predicted molar refractivity (Wildman–Crippen MR) is 117 cm³/mol. The number of halogens is 1. The molecule has 0 atom stereocenters. The average Bonchev–Trinajstić information content (AvgIpc) is 3.44. The minimum Gasteiger partial charge on any atom is -0.339 e. The van der Waals surface area contributed by atoms with E-state index in [0.29, 0.717) is 46.8 Å². The number of tetrazole rings is 1. The van der Waals surface area contributed by atoms with Crippen molar-refractivity contribution in [3.8, 4) is 17.1 Å². The number of aromatic nitrogens is 6. The predicted octanol–water partition coefficient (Wildman–Crippen LogP) is 4.05. The first-order valence-corrected chi connectivity index (χ1v) is 11.0. The molecule has 1 amide bonds. The summed E-state index contributed by atoms with van der Waals surface area (Å²) in [5.41, 5.74) is 2.27. The van der Waals surface area contributed by atoms with Gasteiger partial charge in [-0.1, -0.05) is 34.6 Å². The zero-order valence-corrected chi connectivity index (χ0v) is 18.1. The molecule has 0 aliphatic carbocycles. The van der Waals surface area contributed by atoms with Crippen LogP contribution in [-0.2, 0) is 11.2 Å². The molecule has 2 heterocycles. The van der Waals surface area contributed by atoms with Crippen molar-refractivity contribution in [1.29, 1.82) is 0 Å². The van der Waals surface area contributed by atoms with Gasteiger partial charge in [-0.15, -0.1) is 5.10 Å². The minimum absolute atomic E-state index is 0.101. The number of anilines is 1. The number of nitrogens with one attached hydrogen (secondary N) is 1. The molecule has 0 radical (unpaired) electrons. The van der Waals surface area contributed by atoms with Gasteiger partial charge in [0.05, 0.1) is 5.69 Å². The zero-order chi connectivity index (χ0) is 21.6. The highest BCUT2D eigenvalue weighted by Gasteiger charge is 2.11. The lowest BCUT2D eigenvalue weighted by molar-refractivity contribution is -0.116. The molecular weight excluding hydrogens is 438 g/mol. The Bertz CT molecular complexity index is 1180. The van der Waals surface area contributed by atoms with Gasteiger partial charge in [-0.05, 0) is 65.6 Å². The van der Waals surface area contributed by atoms with Gasteiger partial charge in [0, 0.05) is 29.1 Å². The Morgan fingerprint density at radius 2 is 2.06 bits per heavy atom. The van der Waals surface area contributed by atoms with E-state index in [-0.39, 0.29) is 5.91 Å². The molecule has 9 nitrogen and oxygen atoms in total. The average molecular weight is 456 g/mol. The molecule has 0 saturated heterocycles. The summed E-state index contributed by atoms with van der Waals surface area (Å²) >= 11 is 7.34. The highest BCUT2D eigenvalue weighted by Crippen LogP contribution is 2.20. The Morgan fingerprint density at radius 1 is 1.23 bits per heavy atom. The van der Waals surface area contributed by atoms with Gasteiger partial charge >= 0.3 is 0 Å². The summed E-state index contributed by atoms with van der Waals surface area (Å²) in [7, 11) is 0. The van der Waals surface area contributed by atoms with E-state index in [0.717, 1.165) is 11.3 Å². The van der Waals surface area contributed by atoms with Crippen molar-refractivity contribution < 1.29 is 9.32 Å². The van der Waals surface area contributed by atoms with Crippen LogP contribution in [0.2, 0.25) is 5.02 Å². The van der Waals surface area contributed by atoms with Gasteiger partial charge in [0.2, 0.25) is 22.8 Å². The van der Waals surface area contributed by atoms with Crippen LogP contribution in [-0.4, -0.2) is 42.5 Å². The van der Waals surface area contributed by atoms with Crippen molar-refractivity contribution in [2.75, 3.05) is 11.6 Å². The lowest BCUT2D eigenvalue weighted by Gasteiger charge is -2.07. The van der Waals surface area contributed by atoms with Crippen LogP contribution < -0.4 is 5.32 Å². The van der Waals surface area contributed by atoms with E-state index in [2.05, 4.69) is 31.0 Å². The van der Waals surface area contributed by atoms with E-state index in [4.69, 9.17) is 16.1 Å². The second-order valence-electron chi connectivity index (χ2n) is 6.55. The van der Waals surface area contributed by atoms with Crippen LogP contribution in [0.3, 0.4) is 0 Å². The summed E-state index contributed by atoms with van der Waals surface area (Å²) < 4.78 is 6.90. The standard InChI is InChI=1S/C20H18ClN7O2S/c1-31-20-24-26-27-28(20)16-5-2-4-15(12-16)22-17(29)6-3-7-18-23-19(25-30-18)13-8-10-14(21)11-9-13/h2,4-5,8-12H,3,6-7H2,1H3,(H,22,29). The molecule has 2 aromatic carbocycles. The summed E-state index contributed by atoms with van der Waals surface area (Å²) in [5, 5.41) is 19.8. The number of carbonyl (C=O) groups is 1. The van der Waals surface area contributed by atoms with Crippen molar-refractivity contribution >= 4 is 35.0 Å². The Morgan fingerprint density at radius 3 is 2.87 bits per heavy atom. The van der Waals surface area contributed by atoms with Crippen LogP contribution in [0, 0.1) is 0 Å². The highest BCUT2D eigenvalue weighted by molar-refractivity contribution is 7.98. The second kappa shape index (κ2) is 9.71. The molecule has 0 aliphatic rings. The van der Waals surface area contributed by atoms with Gasteiger partial charge in [0.25, 0.3) is 0 Å². The lowest BCUT2D eigenvalue weighted by Crippen LogP contribution is -2.12. The summed E-state index contributed by atoms with van der Waals surface area (Å²) in [6, 6.07) is 14.6. The Balaban J connectivity index is 1.30. The van der Waals surface area contributed by atoms with E-state index in [1.54, 1.807) is 16.8 Å². The second-order valence-corrected chi connectivity index (χ2v) is 7.76. The number of carbonyl (C=O) groups excluding carboxylic acids is 1. The van der Waals surface area contributed by atoms with Gasteiger partial charge in [-0.25, -0.2) is 0 Å². The molecule has 0 spiro atoms. The van der Waals surface area contributed by atoms with Crippen molar-refractivity contribution in [3.05, 3.63) is 59.4 Å². The number of benzene rings is 2. The number of thioether (sulfide) groups is 1. The summed E-state index contributed by atoms with van der Waals surface area (Å²) in [4.78, 5) is 16.7. The Hall–Kier alpha value is -3.24. The van der Waals surface area contributed by atoms with Crippen molar-refractivity contribution in [2.45, 2.75) is 24.4 Å². The molecule has 1 N–H and O–H groups in total. The minimum atomic E-state index is -0.101. The largest absolute Gasteiger partial charge is 0.339 e. The molecule has 0 saturated carbocycles. The topological polar surface area (TPSA) is 112 Å². The van der Waals surface area contributed by atoms with Crippen molar-refractivity contribution in [1.82, 2.24) is 30.3 Å². The zero-order valence-electron chi connectivity index (χ0n) is 16.5.